The van der Waals surface area contributed by atoms with Crippen LogP contribution in [-0.2, 0) is 17.8 Å². The highest BCUT2D eigenvalue weighted by Crippen LogP contribution is 2.14. The van der Waals surface area contributed by atoms with Crippen LogP contribution in [0.3, 0.4) is 0 Å². The highest BCUT2D eigenvalue weighted by atomic mass is 35.5. The molecule has 3 rings (SSSR count). The Morgan fingerprint density at radius 2 is 2.08 bits per heavy atom. The van der Waals surface area contributed by atoms with E-state index in [4.69, 9.17) is 5.73 Å². The maximum Gasteiger partial charge on any atom is 0.271 e. The van der Waals surface area contributed by atoms with Gasteiger partial charge in [-0.15, -0.1) is 23.7 Å². The number of nitrogens with zero attached hydrogens (tertiary/aromatic N) is 2. The van der Waals surface area contributed by atoms with E-state index in [-0.39, 0.29) is 30.3 Å². The quantitative estimate of drug-likeness (QED) is 0.784. The van der Waals surface area contributed by atoms with Crippen LogP contribution < -0.4 is 11.1 Å². The number of halogens is 1. The van der Waals surface area contributed by atoms with Gasteiger partial charge in [-0.1, -0.05) is 30.3 Å². The summed E-state index contributed by atoms with van der Waals surface area (Å²) in [4.78, 5) is 30.6. The predicted octanol–water partition coefficient (Wildman–Crippen LogP) is 1.99. The zero-order chi connectivity index (χ0) is 17.6. The largest absolute Gasteiger partial charge is 0.346 e. The minimum atomic E-state index is -0.195. The van der Waals surface area contributed by atoms with Gasteiger partial charge >= 0.3 is 0 Å². The Morgan fingerprint density at radius 3 is 2.77 bits per heavy atom. The summed E-state index contributed by atoms with van der Waals surface area (Å²) in [7, 11) is 0. The lowest BCUT2D eigenvalue weighted by molar-refractivity contribution is -0.130. The number of likely N-dealkylation sites (tertiary alicyclic amines) is 1. The van der Waals surface area contributed by atoms with Crippen molar-refractivity contribution in [2.24, 2.45) is 5.73 Å². The van der Waals surface area contributed by atoms with E-state index < -0.39 is 0 Å². The standard InChI is InChI=1S/C18H22N4O2S.ClH/c19-10-16-21-15(12-25-16)18(24)20-14-8-9-22(11-14)17(23)7-6-13-4-2-1-3-5-13;/h1-5,12,14H,6-11,19H2,(H,20,24);1H. The molecule has 140 valence electrons. The minimum absolute atomic E-state index is 0. The first-order chi connectivity index (χ1) is 12.2. The van der Waals surface area contributed by atoms with Crippen LogP contribution in [0.15, 0.2) is 35.7 Å². The molecule has 0 aliphatic carbocycles. The van der Waals surface area contributed by atoms with E-state index in [0.29, 0.717) is 31.7 Å². The molecule has 1 saturated heterocycles. The number of hydrogen-bond acceptors (Lipinski definition) is 5. The first-order valence-electron chi connectivity index (χ1n) is 8.42. The maximum absolute atomic E-state index is 12.4. The van der Waals surface area contributed by atoms with E-state index in [1.54, 1.807) is 5.38 Å². The predicted molar refractivity (Wildman–Crippen MR) is 104 cm³/mol. The first kappa shape index (κ1) is 20.4. The molecule has 0 radical (unpaired) electrons. The van der Waals surface area contributed by atoms with Crippen LogP contribution in [0.25, 0.3) is 0 Å². The summed E-state index contributed by atoms with van der Waals surface area (Å²) in [6.07, 6.45) is 2.02. The smallest absolute Gasteiger partial charge is 0.271 e. The van der Waals surface area contributed by atoms with Crippen LogP contribution >= 0.6 is 23.7 Å². The number of rotatable bonds is 6. The molecule has 3 N–H and O–H groups in total. The Hall–Kier alpha value is -1.96. The van der Waals surface area contributed by atoms with Crippen molar-refractivity contribution < 1.29 is 9.59 Å². The molecule has 1 fully saturated rings. The van der Waals surface area contributed by atoms with Crippen molar-refractivity contribution in [2.45, 2.75) is 31.8 Å². The third-order valence-corrected chi connectivity index (χ3v) is 5.18. The molecule has 1 atom stereocenters. The second-order valence-corrected chi connectivity index (χ2v) is 7.06. The van der Waals surface area contributed by atoms with Gasteiger partial charge in [-0.05, 0) is 18.4 Å². The lowest BCUT2D eigenvalue weighted by Crippen LogP contribution is -2.38. The van der Waals surface area contributed by atoms with Gasteiger partial charge in [0.1, 0.15) is 10.7 Å². The number of nitrogens with two attached hydrogens (primary N) is 1. The average Bonchev–Trinajstić information content (AvgIpc) is 3.30. The molecule has 1 aromatic carbocycles. The number of amides is 2. The Kier molecular flexibility index (Phi) is 7.56. The number of thiazole rings is 1. The van der Waals surface area contributed by atoms with Crippen molar-refractivity contribution in [3.05, 3.63) is 52.0 Å². The van der Waals surface area contributed by atoms with Gasteiger partial charge in [-0.2, -0.15) is 0 Å². The number of benzene rings is 1. The van der Waals surface area contributed by atoms with Gasteiger partial charge in [0.15, 0.2) is 0 Å². The molecule has 6 nitrogen and oxygen atoms in total. The fourth-order valence-corrected chi connectivity index (χ4v) is 3.58. The van der Waals surface area contributed by atoms with Crippen LogP contribution in [0.2, 0.25) is 0 Å². The summed E-state index contributed by atoms with van der Waals surface area (Å²) >= 11 is 1.38. The van der Waals surface area contributed by atoms with Crippen LogP contribution in [0.4, 0.5) is 0 Å². The Labute approximate surface area is 163 Å². The van der Waals surface area contributed by atoms with Gasteiger partial charge < -0.3 is 16.0 Å². The third-order valence-electron chi connectivity index (χ3n) is 4.31. The maximum atomic E-state index is 12.4. The molecule has 2 aromatic rings. The molecule has 0 spiro atoms. The second-order valence-electron chi connectivity index (χ2n) is 6.12. The van der Waals surface area contributed by atoms with E-state index in [0.717, 1.165) is 17.8 Å². The van der Waals surface area contributed by atoms with Crippen LogP contribution in [-0.4, -0.2) is 40.8 Å². The third kappa shape index (κ3) is 5.27. The number of carbonyl (C=O) groups excluding carboxylic acids is 2. The fourth-order valence-electron chi connectivity index (χ4n) is 2.93. The summed E-state index contributed by atoms with van der Waals surface area (Å²) in [6.45, 7) is 1.59. The van der Waals surface area contributed by atoms with E-state index in [9.17, 15) is 9.59 Å². The van der Waals surface area contributed by atoms with Gasteiger partial charge in [-0.25, -0.2) is 4.98 Å². The Bertz CT molecular complexity index is 738. The Balaban J connectivity index is 0.00000243. The number of aryl methyl sites for hydroxylation is 1. The van der Waals surface area contributed by atoms with Gasteiger partial charge in [0.2, 0.25) is 5.91 Å². The minimum Gasteiger partial charge on any atom is -0.346 e. The molecular formula is C18H23ClN4O2S. The summed E-state index contributed by atoms with van der Waals surface area (Å²) in [5.74, 6) is -0.0563. The number of aromatic nitrogens is 1. The van der Waals surface area contributed by atoms with Gasteiger partial charge in [-0.3, -0.25) is 9.59 Å². The van der Waals surface area contributed by atoms with Crippen LogP contribution in [0.1, 0.15) is 33.9 Å². The zero-order valence-corrected chi connectivity index (χ0v) is 16.0. The number of hydrogen-bond donors (Lipinski definition) is 2. The van der Waals surface area contributed by atoms with Crippen molar-refractivity contribution in [1.82, 2.24) is 15.2 Å². The number of nitrogens with one attached hydrogen (secondary N) is 1. The highest BCUT2D eigenvalue weighted by Gasteiger charge is 2.27. The average molecular weight is 395 g/mol. The Morgan fingerprint density at radius 1 is 1.31 bits per heavy atom. The van der Waals surface area contributed by atoms with Gasteiger partial charge in [0.25, 0.3) is 5.91 Å². The second kappa shape index (κ2) is 9.66. The summed E-state index contributed by atoms with van der Waals surface area (Å²) in [5.41, 5.74) is 7.09. The molecule has 2 heterocycles. The van der Waals surface area contributed by atoms with Crippen molar-refractivity contribution in [2.75, 3.05) is 13.1 Å². The van der Waals surface area contributed by atoms with Gasteiger partial charge in [0.05, 0.1) is 0 Å². The highest BCUT2D eigenvalue weighted by molar-refractivity contribution is 7.09. The first-order valence-corrected chi connectivity index (χ1v) is 9.30. The van der Waals surface area contributed by atoms with E-state index in [1.165, 1.54) is 16.9 Å². The summed E-state index contributed by atoms with van der Waals surface area (Å²) in [5, 5.41) is 5.42. The van der Waals surface area contributed by atoms with E-state index in [2.05, 4.69) is 10.3 Å². The molecule has 2 amide bonds. The normalized spacial score (nSPS) is 16.2. The SMILES string of the molecule is Cl.NCc1nc(C(=O)NC2CCN(C(=O)CCc3ccccc3)C2)cs1. The van der Waals surface area contributed by atoms with E-state index in [1.807, 2.05) is 35.2 Å². The van der Waals surface area contributed by atoms with Crippen molar-refractivity contribution in [1.29, 1.82) is 0 Å². The van der Waals surface area contributed by atoms with Crippen molar-refractivity contribution in [3.63, 3.8) is 0 Å². The number of carbonyl (C=O) groups is 2. The molecule has 1 aliphatic rings. The fraction of sp³-hybridized carbons (Fsp3) is 0.389. The molecule has 1 aliphatic heterocycles. The zero-order valence-electron chi connectivity index (χ0n) is 14.4. The molecule has 1 unspecified atom stereocenters. The van der Waals surface area contributed by atoms with Crippen LogP contribution in [0, 0.1) is 0 Å². The molecule has 1 aromatic heterocycles. The molecule has 26 heavy (non-hydrogen) atoms. The van der Waals surface area contributed by atoms with E-state index >= 15 is 0 Å². The van der Waals surface area contributed by atoms with Crippen molar-refractivity contribution in [3.8, 4) is 0 Å². The summed E-state index contributed by atoms with van der Waals surface area (Å²) in [6, 6.07) is 9.98. The molecule has 0 bridgehead atoms. The lowest BCUT2D eigenvalue weighted by atomic mass is 10.1. The van der Waals surface area contributed by atoms with Crippen molar-refractivity contribution >= 4 is 35.6 Å². The molecular weight excluding hydrogens is 372 g/mol. The lowest BCUT2D eigenvalue weighted by Gasteiger charge is -2.17. The van der Waals surface area contributed by atoms with Gasteiger partial charge in [0, 0.05) is 37.5 Å². The monoisotopic (exact) mass is 394 g/mol. The molecule has 0 saturated carbocycles. The van der Waals surface area contributed by atoms with Crippen LogP contribution in [0.5, 0.6) is 0 Å². The topological polar surface area (TPSA) is 88.3 Å². The molecule has 8 heteroatoms. The summed E-state index contributed by atoms with van der Waals surface area (Å²) < 4.78 is 0.